The Kier molecular flexibility index (Phi) is 7.60. The molecule has 1 unspecified atom stereocenters. The van der Waals surface area contributed by atoms with E-state index >= 15 is 0 Å². The first-order valence-corrected chi connectivity index (χ1v) is 10.5. The summed E-state index contributed by atoms with van der Waals surface area (Å²) in [4.78, 5) is 40.7. The van der Waals surface area contributed by atoms with E-state index in [1.54, 1.807) is 31.0 Å². The second kappa shape index (κ2) is 10.6. The summed E-state index contributed by atoms with van der Waals surface area (Å²) < 4.78 is 5.45. The van der Waals surface area contributed by atoms with Crippen LogP contribution in [0.3, 0.4) is 0 Å². The van der Waals surface area contributed by atoms with Gasteiger partial charge in [-0.05, 0) is 43.5 Å². The molecule has 2 aromatic carbocycles. The molecule has 0 spiro atoms. The van der Waals surface area contributed by atoms with Crippen LogP contribution in [0.1, 0.15) is 25.3 Å². The van der Waals surface area contributed by atoms with E-state index in [4.69, 9.17) is 4.74 Å². The molecule has 0 radical (unpaired) electrons. The fourth-order valence-corrected chi connectivity index (χ4v) is 3.55. The maximum atomic E-state index is 12.6. The molecule has 1 fully saturated rings. The van der Waals surface area contributed by atoms with Crippen molar-refractivity contribution in [1.82, 2.24) is 4.90 Å². The number of nitrogens with zero attached hydrogens (tertiary/aromatic N) is 2. The molecular formula is C25H28N2O4. The third kappa shape index (κ3) is 6.04. The number of esters is 1. The van der Waals surface area contributed by atoms with Crippen LogP contribution in [0, 0.1) is 5.92 Å². The van der Waals surface area contributed by atoms with Crippen molar-refractivity contribution in [2.75, 3.05) is 25.0 Å². The molecule has 1 aliphatic heterocycles. The quantitative estimate of drug-likeness (QED) is 0.530. The highest BCUT2D eigenvalue weighted by Gasteiger charge is 2.30. The van der Waals surface area contributed by atoms with Crippen LogP contribution in [0.15, 0.2) is 66.7 Å². The summed E-state index contributed by atoms with van der Waals surface area (Å²) in [5.41, 5.74) is 1.71. The van der Waals surface area contributed by atoms with Crippen LogP contribution >= 0.6 is 0 Å². The highest BCUT2D eigenvalue weighted by atomic mass is 16.5. The molecule has 1 atom stereocenters. The van der Waals surface area contributed by atoms with Crippen molar-refractivity contribution < 1.29 is 19.1 Å². The van der Waals surface area contributed by atoms with Gasteiger partial charge in [0.2, 0.25) is 5.91 Å². The third-order valence-electron chi connectivity index (χ3n) is 5.47. The molecule has 0 bridgehead atoms. The number of piperidine rings is 1. The van der Waals surface area contributed by atoms with Crippen molar-refractivity contribution in [1.29, 1.82) is 0 Å². The molecule has 2 amide bonds. The molecule has 2 aromatic rings. The lowest BCUT2D eigenvalue weighted by Gasteiger charge is -2.31. The van der Waals surface area contributed by atoms with Crippen molar-refractivity contribution in [3.8, 4) is 0 Å². The number of ether oxygens (including phenoxy) is 1. The standard InChI is InChI=1S/C25H28N2O4/c1-19(24(29)26(2)22-11-7-4-8-12-22)31-25(30)21-15-17-27(18-16-21)23(28)14-13-20-9-5-3-6-10-20/h3-14,19,21H,15-18H2,1-2H3/b14-13+. The number of benzene rings is 2. The Bertz CT molecular complexity index is 919. The topological polar surface area (TPSA) is 66.9 Å². The molecule has 0 saturated carbocycles. The SMILES string of the molecule is CC(OC(=O)C1CCN(C(=O)/C=C/c2ccccc2)CC1)C(=O)N(C)c1ccccc1. The lowest BCUT2D eigenvalue weighted by Crippen LogP contribution is -2.42. The smallest absolute Gasteiger partial charge is 0.309 e. The monoisotopic (exact) mass is 420 g/mol. The molecule has 0 aliphatic carbocycles. The number of rotatable bonds is 6. The summed E-state index contributed by atoms with van der Waals surface area (Å²) in [6.45, 7) is 2.57. The van der Waals surface area contributed by atoms with Gasteiger partial charge in [0.05, 0.1) is 5.92 Å². The molecule has 0 aromatic heterocycles. The summed E-state index contributed by atoms with van der Waals surface area (Å²) in [6, 6.07) is 18.9. The second-order valence-electron chi connectivity index (χ2n) is 7.66. The fraction of sp³-hybridized carbons (Fsp3) is 0.320. The highest BCUT2D eigenvalue weighted by Crippen LogP contribution is 2.21. The minimum absolute atomic E-state index is 0.0660. The maximum Gasteiger partial charge on any atom is 0.309 e. The third-order valence-corrected chi connectivity index (χ3v) is 5.47. The van der Waals surface area contributed by atoms with Gasteiger partial charge < -0.3 is 14.5 Å². The van der Waals surface area contributed by atoms with E-state index in [9.17, 15) is 14.4 Å². The zero-order valence-electron chi connectivity index (χ0n) is 17.9. The summed E-state index contributed by atoms with van der Waals surface area (Å²) in [7, 11) is 1.66. The Balaban J connectivity index is 1.47. The zero-order chi connectivity index (χ0) is 22.2. The first-order chi connectivity index (χ1) is 15.0. The molecule has 1 saturated heterocycles. The van der Waals surface area contributed by atoms with E-state index in [1.165, 1.54) is 4.90 Å². The number of carbonyl (C=O) groups excluding carboxylic acids is 3. The van der Waals surface area contributed by atoms with Gasteiger partial charge in [0.15, 0.2) is 6.10 Å². The van der Waals surface area contributed by atoms with Gasteiger partial charge in [-0.1, -0.05) is 48.5 Å². The van der Waals surface area contributed by atoms with Crippen LogP contribution in [0.25, 0.3) is 6.08 Å². The number of amides is 2. The molecule has 3 rings (SSSR count). The minimum atomic E-state index is -0.869. The lowest BCUT2D eigenvalue weighted by atomic mass is 9.97. The second-order valence-corrected chi connectivity index (χ2v) is 7.66. The molecule has 0 N–H and O–H groups in total. The Morgan fingerprint density at radius 1 is 1.00 bits per heavy atom. The van der Waals surface area contributed by atoms with Crippen LogP contribution in [-0.2, 0) is 19.1 Å². The number of likely N-dealkylation sites (tertiary alicyclic amines) is 1. The van der Waals surface area contributed by atoms with Crippen molar-refractivity contribution in [3.63, 3.8) is 0 Å². The van der Waals surface area contributed by atoms with Gasteiger partial charge in [0, 0.05) is 31.9 Å². The maximum absolute atomic E-state index is 12.6. The van der Waals surface area contributed by atoms with Gasteiger partial charge in [0.1, 0.15) is 0 Å². The van der Waals surface area contributed by atoms with Gasteiger partial charge in [-0.3, -0.25) is 14.4 Å². The Morgan fingerprint density at radius 2 is 1.58 bits per heavy atom. The van der Waals surface area contributed by atoms with Crippen molar-refractivity contribution in [2.24, 2.45) is 5.92 Å². The molecule has 6 heteroatoms. The van der Waals surface area contributed by atoms with Gasteiger partial charge in [-0.25, -0.2) is 0 Å². The lowest BCUT2D eigenvalue weighted by molar-refractivity contribution is -0.159. The van der Waals surface area contributed by atoms with Gasteiger partial charge in [-0.2, -0.15) is 0 Å². The van der Waals surface area contributed by atoms with Crippen molar-refractivity contribution in [2.45, 2.75) is 25.9 Å². The minimum Gasteiger partial charge on any atom is -0.452 e. The van der Waals surface area contributed by atoms with E-state index in [2.05, 4.69) is 0 Å². The number of hydrogen-bond donors (Lipinski definition) is 0. The van der Waals surface area contributed by atoms with Crippen LogP contribution in [-0.4, -0.2) is 48.9 Å². The predicted molar refractivity (Wildman–Crippen MR) is 120 cm³/mol. The molecule has 1 aliphatic rings. The molecule has 162 valence electrons. The Morgan fingerprint density at radius 3 is 2.19 bits per heavy atom. The fourth-order valence-electron chi connectivity index (χ4n) is 3.55. The number of likely N-dealkylation sites (N-methyl/N-ethyl adjacent to an activating group) is 1. The van der Waals surface area contributed by atoms with Gasteiger partial charge in [-0.15, -0.1) is 0 Å². The van der Waals surface area contributed by atoms with E-state index < -0.39 is 6.10 Å². The number of anilines is 1. The average molecular weight is 421 g/mol. The van der Waals surface area contributed by atoms with Gasteiger partial charge >= 0.3 is 5.97 Å². The normalized spacial score (nSPS) is 15.5. The summed E-state index contributed by atoms with van der Waals surface area (Å²) in [6.07, 6.45) is 3.54. The first-order valence-electron chi connectivity index (χ1n) is 10.5. The van der Waals surface area contributed by atoms with Gasteiger partial charge in [0.25, 0.3) is 5.91 Å². The van der Waals surface area contributed by atoms with Crippen LogP contribution in [0.5, 0.6) is 0 Å². The summed E-state index contributed by atoms with van der Waals surface area (Å²) >= 11 is 0. The zero-order valence-corrected chi connectivity index (χ0v) is 17.9. The highest BCUT2D eigenvalue weighted by molar-refractivity contribution is 5.97. The molecule has 31 heavy (non-hydrogen) atoms. The Labute approximate surface area is 183 Å². The van der Waals surface area contributed by atoms with Crippen LogP contribution < -0.4 is 4.90 Å². The van der Waals surface area contributed by atoms with E-state index in [1.807, 2.05) is 60.7 Å². The van der Waals surface area contributed by atoms with Crippen LogP contribution in [0.2, 0.25) is 0 Å². The number of hydrogen-bond acceptors (Lipinski definition) is 4. The molecular weight excluding hydrogens is 392 g/mol. The molecule has 1 heterocycles. The van der Waals surface area contributed by atoms with Crippen LogP contribution in [0.4, 0.5) is 5.69 Å². The summed E-state index contributed by atoms with van der Waals surface area (Å²) in [5.74, 6) is -1.03. The van der Waals surface area contributed by atoms with E-state index in [0.717, 1.165) is 11.3 Å². The van der Waals surface area contributed by atoms with Crippen molar-refractivity contribution in [3.05, 3.63) is 72.3 Å². The summed E-state index contributed by atoms with van der Waals surface area (Å²) in [5, 5.41) is 0. The van der Waals surface area contributed by atoms with E-state index in [-0.39, 0.29) is 23.7 Å². The number of para-hydroxylation sites is 1. The first kappa shape index (κ1) is 22.3. The Hall–Kier alpha value is -3.41. The van der Waals surface area contributed by atoms with Crippen molar-refractivity contribution >= 4 is 29.5 Å². The largest absolute Gasteiger partial charge is 0.452 e. The number of carbonyl (C=O) groups is 3. The average Bonchev–Trinajstić information content (AvgIpc) is 2.82. The predicted octanol–water partition coefficient (Wildman–Crippen LogP) is 3.53. The van der Waals surface area contributed by atoms with E-state index in [0.29, 0.717) is 25.9 Å². The molecule has 6 nitrogen and oxygen atoms in total.